The van der Waals surface area contributed by atoms with Crippen molar-refractivity contribution in [2.45, 2.75) is 51.0 Å². The summed E-state index contributed by atoms with van der Waals surface area (Å²) in [5.74, 6) is 5.16. The maximum Gasteiger partial charge on any atom is 0.0288 e. The number of hydrogen-bond acceptors (Lipinski definition) is 1. The highest BCUT2D eigenvalue weighted by Crippen LogP contribution is 2.70. The molecule has 5 atom stereocenters. The molecule has 0 aliphatic heterocycles. The van der Waals surface area contributed by atoms with E-state index in [1.165, 1.54) is 38.5 Å². The van der Waals surface area contributed by atoms with Crippen LogP contribution in [0.3, 0.4) is 0 Å². The van der Waals surface area contributed by atoms with Crippen LogP contribution in [-0.2, 0) is 0 Å². The molecule has 5 unspecified atom stereocenters. The summed E-state index contributed by atoms with van der Waals surface area (Å²) in [5.41, 5.74) is 8.14. The van der Waals surface area contributed by atoms with Crippen LogP contribution in [0, 0.1) is 29.6 Å². The van der Waals surface area contributed by atoms with E-state index in [2.05, 4.69) is 6.08 Å². The van der Waals surface area contributed by atoms with E-state index in [9.17, 15) is 0 Å². The Balaban J connectivity index is 1.50. The molecule has 1 nitrogen and oxygen atoms in total. The van der Waals surface area contributed by atoms with Gasteiger partial charge >= 0.3 is 0 Å². The lowest BCUT2D eigenvalue weighted by Gasteiger charge is -2.22. The molecule has 88 valence electrons. The molecular formula is C15H23N. The average Bonchev–Trinajstić information content (AvgIpc) is 2.77. The maximum absolute atomic E-state index is 6.53. The molecule has 3 saturated carbocycles. The van der Waals surface area contributed by atoms with Crippen LogP contribution in [0.1, 0.15) is 44.9 Å². The predicted octanol–water partition coefficient (Wildman–Crippen LogP) is 3.11. The van der Waals surface area contributed by atoms with Gasteiger partial charge in [0.2, 0.25) is 0 Å². The molecule has 0 aromatic heterocycles. The SMILES string of the molecule is NC(C1=CCCCC1)C1C2C3CCC(C3)C21. The molecular weight excluding hydrogens is 194 g/mol. The summed E-state index contributed by atoms with van der Waals surface area (Å²) < 4.78 is 0. The van der Waals surface area contributed by atoms with E-state index in [1.54, 1.807) is 12.0 Å². The third kappa shape index (κ3) is 1.21. The molecule has 16 heavy (non-hydrogen) atoms. The van der Waals surface area contributed by atoms with Crippen LogP contribution in [0.2, 0.25) is 0 Å². The molecule has 1 heteroatoms. The maximum atomic E-state index is 6.53. The van der Waals surface area contributed by atoms with Crippen LogP contribution in [0.15, 0.2) is 11.6 Å². The van der Waals surface area contributed by atoms with E-state index in [0.717, 1.165) is 29.6 Å². The van der Waals surface area contributed by atoms with Gasteiger partial charge in [0.05, 0.1) is 0 Å². The van der Waals surface area contributed by atoms with E-state index >= 15 is 0 Å². The molecule has 2 N–H and O–H groups in total. The number of allylic oxidation sites excluding steroid dienone is 1. The van der Waals surface area contributed by atoms with Crippen molar-refractivity contribution in [2.75, 3.05) is 0 Å². The first kappa shape index (κ1) is 9.70. The fourth-order valence-electron chi connectivity index (χ4n) is 5.29. The van der Waals surface area contributed by atoms with Gasteiger partial charge in [-0.15, -0.1) is 0 Å². The van der Waals surface area contributed by atoms with E-state index < -0.39 is 0 Å². The second-order valence-corrected chi connectivity index (χ2v) is 6.62. The lowest BCUT2D eigenvalue weighted by molar-refractivity contribution is 0.424. The largest absolute Gasteiger partial charge is 0.324 e. The van der Waals surface area contributed by atoms with Gasteiger partial charge in [-0.1, -0.05) is 11.6 Å². The Bertz CT molecular complexity index is 316. The van der Waals surface area contributed by atoms with Crippen molar-refractivity contribution in [1.82, 2.24) is 0 Å². The van der Waals surface area contributed by atoms with Crippen LogP contribution >= 0.6 is 0 Å². The van der Waals surface area contributed by atoms with Gasteiger partial charge in [-0.2, -0.15) is 0 Å². The topological polar surface area (TPSA) is 26.0 Å². The smallest absolute Gasteiger partial charge is 0.0288 e. The number of fused-ring (bicyclic) bond motifs is 5. The Labute approximate surface area is 98.5 Å². The standard InChI is InChI=1S/C15H23N/c16-15(9-4-2-1-3-5-9)14-12-10-6-7-11(8-10)13(12)14/h4,10-15H,1-3,5-8,16H2. The second kappa shape index (κ2) is 3.35. The monoisotopic (exact) mass is 217 g/mol. The van der Waals surface area contributed by atoms with Gasteiger partial charge < -0.3 is 5.73 Å². The van der Waals surface area contributed by atoms with Crippen LogP contribution in [0.5, 0.6) is 0 Å². The molecule has 2 bridgehead atoms. The van der Waals surface area contributed by atoms with Crippen molar-refractivity contribution in [2.24, 2.45) is 35.3 Å². The Kier molecular flexibility index (Phi) is 2.03. The zero-order valence-corrected chi connectivity index (χ0v) is 10.1. The van der Waals surface area contributed by atoms with Crippen molar-refractivity contribution in [3.05, 3.63) is 11.6 Å². The highest BCUT2D eigenvalue weighted by molar-refractivity contribution is 5.24. The fourth-order valence-corrected chi connectivity index (χ4v) is 5.29. The summed E-state index contributed by atoms with van der Waals surface area (Å²) in [4.78, 5) is 0. The first-order valence-electron chi connectivity index (χ1n) is 7.31. The molecule has 0 saturated heterocycles. The number of hydrogen-bond donors (Lipinski definition) is 1. The van der Waals surface area contributed by atoms with Gasteiger partial charge in [-0.3, -0.25) is 0 Å². The van der Waals surface area contributed by atoms with Crippen molar-refractivity contribution >= 4 is 0 Å². The molecule has 0 aromatic carbocycles. The highest BCUT2D eigenvalue weighted by atomic mass is 14.8. The quantitative estimate of drug-likeness (QED) is 0.707. The lowest BCUT2D eigenvalue weighted by Crippen LogP contribution is -2.29. The Hall–Kier alpha value is -0.300. The molecule has 0 heterocycles. The fraction of sp³-hybridized carbons (Fsp3) is 0.867. The molecule has 3 fully saturated rings. The Morgan fingerprint density at radius 1 is 1.12 bits per heavy atom. The van der Waals surface area contributed by atoms with Crippen molar-refractivity contribution < 1.29 is 0 Å². The number of rotatable bonds is 2. The summed E-state index contributed by atoms with van der Waals surface area (Å²) in [5, 5.41) is 0. The van der Waals surface area contributed by atoms with E-state index in [-0.39, 0.29) is 0 Å². The molecule has 0 spiro atoms. The van der Waals surface area contributed by atoms with Gasteiger partial charge in [0.1, 0.15) is 0 Å². The van der Waals surface area contributed by atoms with E-state index in [4.69, 9.17) is 5.73 Å². The van der Waals surface area contributed by atoms with Crippen LogP contribution in [0.4, 0.5) is 0 Å². The molecule has 4 aliphatic carbocycles. The normalized spacial score (nSPS) is 51.1. The summed E-state index contributed by atoms with van der Waals surface area (Å²) >= 11 is 0. The zero-order valence-electron chi connectivity index (χ0n) is 10.1. The minimum absolute atomic E-state index is 0.443. The first-order valence-corrected chi connectivity index (χ1v) is 7.31. The van der Waals surface area contributed by atoms with Crippen molar-refractivity contribution in [1.29, 1.82) is 0 Å². The molecule has 0 radical (unpaired) electrons. The molecule has 4 aliphatic rings. The third-order valence-electron chi connectivity index (χ3n) is 5.96. The van der Waals surface area contributed by atoms with Crippen molar-refractivity contribution in [3.63, 3.8) is 0 Å². The van der Waals surface area contributed by atoms with Gasteiger partial charge in [0, 0.05) is 6.04 Å². The van der Waals surface area contributed by atoms with Crippen LogP contribution in [-0.4, -0.2) is 6.04 Å². The van der Waals surface area contributed by atoms with Crippen LogP contribution < -0.4 is 5.73 Å². The van der Waals surface area contributed by atoms with Gasteiger partial charge in [0.25, 0.3) is 0 Å². The summed E-state index contributed by atoms with van der Waals surface area (Å²) in [6, 6.07) is 0.443. The average molecular weight is 217 g/mol. The Morgan fingerprint density at radius 3 is 2.50 bits per heavy atom. The van der Waals surface area contributed by atoms with E-state index in [0.29, 0.717) is 6.04 Å². The van der Waals surface area contributed by atoms with Crippen LogP contribution in [0.25, 0.3) is 0 Å². The summed E-state index contributed by atoms with van der Waals surface area (Å²) in [6.45, 7) is 0. The van der Waals surface area contributed by atoms with Crippen molar-refractivity contribution in [3.8, 4) is 0 Å². The zero-order chi connectivity index (χ0) is 10.7. The second-order valence-electron chi connectivity index (χ2n) is 6.62. The third-order valence-corrected chi connectivity index (χ3v) is 5.96. The predicted molar refractivity (Wildman–Crippen MR) is 65.8 cm³/mol. The van der Waals surface area contributed by atoms with E-state index in [1.807, 2.05) is 0 Å². The minimum Gasteiger partial charge on any atom is -0.324 e. The number of nitrogens with two attached hydrogens (primary N) is 1. The Morgan fingerprint density at radius 2 is 1.88 bits per heavy atom. The first-order chi connectivity index (χ1) is 7.86. The molecule has 0 amide bonds. The molecule has 4 rings (SSSR count). The van der Waals surface area contributed by atoms with Gasteiger partial charge in [-0.05, 0) is 74.5 Å². The summed E-state index contributed by atoms with van der Waals surface area (Å²) in [7, 11) is 0. The lowest BCUT2D eigenvalue weighted by atomic mass is 9.88. The molecule has 0 aromatic rings. The minimum atomic E-state index is 0.443. The highest BCUT2D eigenvalue weighted by Gasteiger charge is 2.66. The summed E-state index contributed by atoms with van der Waals surface area (Å²) in [6.07, 6.45) is 12.4. The van der Waals surface area contributed by atoms with Gasteiger partial charge in [-0.25, -0.2) is 0 Å². The van der Waals surface area contributed by atoms with Gasteiger partial charge in [0.15, 0.2) is 0 Å².